The Hall–Kier alpha value is -1.95. The van der Waals surface area contributed by atoms with Crippen molar-refractivity contribution in [2.75, 3.05) is 0 Å². The van der Waals surface area contributed by atoms with Crippen molar-refractivity contribution in [3.8, 4) is 0 Å². The zero-order valence-electron chi connectivity index (χ0n) is 7.79. The van der Waals surface area contributed by atoms with E-state index in [0.29, 0.717) is 5.56 Å². The Morgan fingerprint density at radius 2 is 2.13 bits per heavy atom. The van der Waals surface area contributed by atoms with Crippen LogP contribution in [-0.4, -0.2) is 22.0 Å². The van der Waals surface area contributed by atoms with Gasteiger partial charge in [-0.25, -0.2) is 0 Å². The molecule has 0 saturated carbocycles. The molecule has 0 aliphatic rings. The summed E-state index contributed by atoms with van der Waals surface area (Å²) in [6, 6.07) is 4.83. The molecule has 0 aromatic heterocycles. The number of hydrogen-bond donors (Lipinski definition) is 2. The summed E-state index contributed by atoms with van der Waals surface area (Å²) in [5.41, 5.74) is 5.52. The molecule has 1 aromatic rings. The van der Waals surface area contributed by atoms with Crippen LogP contribution in [0.4, 0.5) is 5.69 Å². The smallest absolute Gasteiger partial charge is 0.320 e. The SMILES string of the molecule is N[C@@H](Cc1ccccc1[N+](=O)[O-])C(=O)O. The number of benzene rings is 1. The maximum absolute atomic E-state index is 10.6. The Kier molecular flexibility index (Phi) is 3.35. The highest BCUT2D eigenvalue weighted by atomic mass is 16.6. The third-order valence-electron chi connectivity index (χ3n) is 1.95. The topological polar surface area (TPSA) is 106 Å². The van der Waals surface area contributed by atoms with Crippen molar-refractivity contribution in [1.29, 1.82) is 0 Å². The monoisotopic (exact) mass is 210 g/mol. The van der Waals surface area contributed by atoms with Gasteiger partial charge in [0.15, 0.2) is 0 Å². The third kappa shape index (κ3) is 2.75. The van der Waals surface area contributed by atoms with Crippen molar-refractivity contribution in [3.05, 3.63) is 39.9 Å². The second-order valence-electron chi connectivity index (χ2n) is 3.03. The molecular weight excluding hydrogens is 200 g/mol. The van der Waals surface area contributed by atoms with Crippen molar-refractivity contribution in [3.63, 3.8) is 0 Å². The van der Waals surface area contributed by atoms with E-state index in [1.807, 2.05) is 0 Å². The third-order valence-corrected chi connectivity index (χ3v) is 1.95. The molecule has 0 spiro atoms. The van der Waals surface area contributed by atoms with Gasteiger partial charge in [0.1, 0.15) is 6.04 Å². The van der Waals surface area contributed by atoms with Gasteiger partial charge in [0.2, 0.25) is 0 Å². The maximum atomic E-state index is 10.6. The molecule has 0 saturated heterocycles. The zero-order chi connectivity index (χ0) is 11.4. The van der Waals surface area contributed by atoms with E-state index < -0.39 is 16.9 Å². The van der Waals surface area contributed by atoms with Gasteiger partial charge in [-0.2, -0.15) is 0 Å². The Bertz CT molecular complexity index is 391. The first-order chi connectivity index (χ1) is 7.02. The molecule has 1 aromatic carbocycles. The number of carboxylic acid groups (broad SMARTS) is 1. The van der Waals surface area contributed by atoms with Crippen LogP contribution in [0.2, 0.25) is 0 Å². The van der Waals surface area contributed by atoms with Crippen LogP contribution in [0.5, 0.6) is 0 Å². The van der Waals surface area contributed by atoms with Crippen molar-refractivity contribution in [1.82, 2.24) is 0 Å². The summed E-state index contributed by atoms with van der Waals surface area (Å²) in [5.74, 6) is -1.17. The summed E-state index contributed by atoms with van der Waals surface area (Å²) < 4.78 is 0. The fourth-order valence-corrected chi connectivity index (χ4v) is 1.19. The quantitative estimate of drug-likeness (QED) is 0.557. The molecule has 0 fully saturated rings. The first-order valence-electron chi connectivity index (χ1n) is 4.23. The molecule has 6 heteroatoms. The average molecular weight is 210 g/mol. The number of para-hydroxylation sites is 1. The van der Waals surface area contributed by atoms with Crippen LogP contribution < -0.4 is 5.73 Å². The van der Waals surface area contributed by atoms with Crippen LogP contribution in [0.15, 0.2) is 24.3 Å². The molecule has 6 nitrogen and oxygen atoms in total. The molecule has 1 atom stereocenters. The van der Waals surface area contributed by atoms with Crippen LogP contribution in [0.3, 0.4) is 0 Å². The highest BCUT2D eigenvalue weighted by molar-refractivity contribution is 5.73. The van der Waals surface area contributed by atoms with Gasteiger partial charge in [-0.3, -0.25) is 14.9 Å². The van der Waals surface area contributed by atoms with E-state index in [0.717, 1.165) is 0 Å². The van der Waals surface area contributed by atoms with Crippen LogP contribution in [0.1, 0.15) is 5.56 Å². The number of carbonyl (C=O) groups is 1. The lowest BCUT2D eigenvalue weighted by Crippen LogP contribution is -2.32. The number of hydrogen-bond acceptors (Lipinski definition) is 4. The number of nitrogens with two attached hydrogens (primary N) is 1. The number of nitrogens with zero attached hydrogens (tertiary/aromatic N) is 1. The molecule has 0 radical (unpaired) electrons. The van der Waals surface area contributed by atoms with Crippen molar-refractivity contribution in [2.45, 2.75) is 12.5 Å². The van der Waals surface area contributed by atoms with Crippen LogP contribution >= 0.6 is 0 Å². The molecule has 0 aliphatic carbocycles. The highest BCUT2D eigenvalue weighted by Crippen LogP contribution is 2.18. The van der Waals surface area contributed by atoms with Crippen LogP contribution in [-0.2, 0) is 11.2 Å². The number of nitro benzene ring substituents is 1. The van der Waals surface area contributed by atoms with E-state index in [1.165, 1.54) is 18.2 Å². The summed E-state index contributed by atoms with van der Waals surface area (Å²) in [4.78, 5) is 20.5. The Balaban J connectivity index is 2.94. The predicted molar refractivity (Wildman–Crippen MR) is 52.4 cm³/mol. The van der Waals surface area contributed by atoms with Crippen molar-refractivity contribution >= 4 is 11.7 Å². The summed E-state index contributed by atoms with van der Waals surface area (Å²) in [7, 11) is 0. The molecule has 0 unspecified atom stereocenters. The molecule has 0 bridgehead atoms. The predicted octanol–water partition coefficient (Wildman–Crippen LogP) is 0.549. The summed E-state index contributed by atoms with van der Waals surface area (Å²) in [6.07, 6.45) is -0.0491. The molecule has 0 aliphatic heterocycles. The van der Waals surface area contributed by atoms with Gasteiger partial charge in [0.05, 0.1) is 4.92 Å². The van der Waals surface area contributed by atoms with Gasteiger partial charge in [-0.15, -0.1) is 0 Å². The summed E-state index contributed by atoms with van der Waals surface area (Å²) >= 11 is 0. The molecule has 3 N–H and O–H groups in total. The lowest BCUT2D eigenvalue weighted by molar-refractivity contribution is -0.385. The van der Waals surface area contributed by atoms with E-state index >= 15 is 0 Å². The minimum absolute atomic E-state index is 0.0491. The van der Waals surface area contributed by atoms with Crippen LogP contribution in [0.25, 0.3) is 0 Å². The Morgan fingerprint density at radius 1 is 1.53 bits per heavy atom. The van der Waals surface area contributed by atoms with Gasteiger partial charge in [0, 0.05) is 18.1 Å². The van der Waals surface area contributed by atoms with Gasteiger partial charge < -0.3 is 10.8 Å². The summed E-state index contributed by atoms with van der Waals surface area (Å²) in [5, 5.41) is 19.2. The van der Waals surface area contributed by atoms with Crippen LogP contribution in [0, 0.1) is 10.1 Å². The summed E-state index contributed by atoms with van der Waals surface area (Å²) in [6.45, 7) is 0. The van der Waals surface area contributed by atoms with E-state index in [2.05, 4.69) is 0 Å². The highest BCUT2D eigenvalue weighted by Gasteiger charge is 2.18. The van der Waals surface area contributed by atoms with Gasteiger partial charge in [-0.05, 0) is 0 Å². The minimum atomic E-state index is -1.17. The van der Waals surface area contributed by atoms with Crippen molar-refractivity contribution in [2.24, 2.45) is 5.73 Å². The second-order valence-corrected chi connectivity index (χ2v) is 3.03. The van der Waals surface area contributed by atoms with E-state index in [4.69, 9.17) is 10.8 Å². The lowest BCUT2D eigenvalue weighted by Gasteiger charge is -2.06. The van der Waals surface area contributed by atoms with E-state index in [1.54, 1.807) is 6.07 Å². The maximum Gasteiger partial charge on any atom is 0.320 e. The second kappa shape index (κ2) is 4.52. The number of aliphatic carboxylic acids is 1. The van der Waals surface area contributed by atoms with Gasteiger partial charge >= 0.3 is 5.97 Å². The molecule has 1 rings (SSSR count). The molecule has 0 heterocycles. The lowest BCUT2D eigenvalue weighted by atomic mass is 10.1. The number of carboxylic acids is 1. The normalized spacial score (nSPS) is 12.1. The van der Waals surface area contributed by atoms with Gasteiger partial charge in [0.25, 0.3) is 5.69 Å². The Morgan fingerprint density at radius 3 is 2.67 bits per heavy atom. The first-order valence-corrected chi connectivity index (χ1v) is 4.23. The number of nitro groups is 1. The number of rotatable bonds is 4. The molecule has 80 valence electrons. The first kappa shape index (κ1) is 11.1. The van der Waals surface area contributed by atoms with E-state index in [-0.39, 0.29) is 12.1 Å². The molecule has 15 heavy (non-hydrogen) atoms. The fraction of sp³-hybridized carbons (Fsp3) is 0.222. The van der Waals surface area contributed by atoms with Gasteiger partial charge in [-0.1, -0.05) is 18.2 Å². The molecule has 0 amide bonds. The standard InChI is InChI=1S/C9H10N2O4/c10-7(9(12)13)5-6-3-1-2-4-8(6)11(14)15/h1-4,7H,5,10H2,(H,12,13)/t7-/m0/s1. The minimum Gasteiger partial charge on any atom is -0.480 e. The zero-order valence-corrected chi connectivity index (χ0v) is 7.79. The molecular formula is C9H10N2O4. The van der Waals surface area contributed by atoms with E-state index in [9.17, 15) is 14.9 Å². The fourth-order valence-electron chi connectivity index (χ4n) is 1.19. The average Bonchev–Trinajstić information content (AvgIpc) is 2.18. The Labute approximate surface area is 85.5 Å². The van der Waals surface area contributed by atoms with Crippen molar-refractivity contribution < 1.29 is 14.8 Å². The largest absolute Gasteiger partial charge is 0.480 e.